The highest BCUT2D eigenvalue weighted by Crippen LogP contribution is 2.34. The first kappa shape index (κ1) is 13.5. The molecule has 102 valence electrons. The van der Waals surface area contributed by atoms with E-state index in [0.29, 0.717) is 17.2 Å². The highest BCUT2D eigenvalue weighted by atomic mass is 19.1. The molecule has 5 heteroatoms. The van der Waals surface area contributed by atoms with E-state index in [1.807, 2.05) is 6.08 Å². The molecule has 1 aliphatic carbocycles. The molecule has 1 saturated carbocycles. The van der Waals surface area contributed by atoms with Gasteiger partial charge < -0.3 is 10.7 Å². The summed E-state index contributed by atoms with van der Waals surface area (Å²) in [7, 11) is 1.67. The van der Waals surface area contributed by atoms with Crippen molar-refractivity contribution in [3.05, 3.63) is 41.2 Å². The van der Waals surface area contributed by atoms with Gasteiger partial charge in [0, 0.05) is 18.2 Å². The lowest BCUT2D eigenvalue weighted by Gasteiger charge is -2.18. The number of benzene rings is 1. The lowest BCUT2D eigenvalue weighted by atomic mass is 10.1. The first-order valence-electron chi connectivity index (χ1n) is 6.27. The Morgan fingerprint density at radius 3 is 2.68 bits per heavy atom. The Kier molecular flexibility index (Phi) is 3.85. The second-order valence-electron chi connectivity index (χ2n) is 4.94. The van der Waals surface area contributed by atoms with Crippen molar-refractivity contribution in [3.8, 4) is 0 Å². The normalized spacial score (nSPS) is 15.4. The first-order chi connectivity index (χ1) is 8.99. The first-order valence-corrected chi connectivity index (χ1v) is 6.27. The maximum absolute atomic E-state index is 14.0. The van der Waals surface area contributed by atoms with Crippen molar-refractivity contribution in [2.45, 2.75) is 19.3 Å². The van der Waals surface area contributed by atoms with Gasteiger partial charge in [0.05, 0.1) is 5.70 Å². The second kappa shape index (κ2) is 5.40. The van der Waals surface area contributed by atoms with Gasteiger partial charge in [-0.15, -0.1) is 0 Å². The molecule has 0 aromatic heterocycles. The third-order valence-corrected chi connectivity index (χ3v) is 3.25. The van der Waals surface area contributed by atoms with E-state index in [-0.39, 0.29) is 5.56 Å². The summed E-state index contributed by atoms with van der Waals surface area (Å²) in [6.07, 6.45) is 5.29. The van der Waals surface area contributed by atoms with Gasteiger partial charge in [-0.2, -0.15) is 0 Å². The molecular formula is C14H18FN3O. The van der Waals surface area contributed by atoms with E-state index in [0.717, 1.165) is 12.5 Å². The van der Waals surface area contributed by atoms with Gasteiger partial charge in [-0.05, 0) is 43.4 Å². The molecule has 2 rings (SSSR count). The maximum Gasteiger partial charge on any atom is 0.248 e. The number of hydrogen-bond donors (Lipinski definition) is 2. The van der Waals surface area contributed by atoms with Crippen molar-refractivity contribution >= 4 is 11.6 Å². The Hall–Kier alpha value is -1.88. The predicted octanol–water partition coefficient (Wildman–Crippen LogP) is 1.87. The molecule has 1 aliphatic rings. The van der Waals surface area contributed by atoms with Crippen LogP contribution in [0.25, 0.3) is 5.70 Å². The molecule has 0 radical (unpaired) electrons. The standard InChI is InChI=1S/C14H18FN3O/c1-18(17)13(7-4-9-2-3-9)11-6-5-10(14(16)19)8-12(11)15/h5-9H,2-4,17H2,1H3,(H2,16,19)/b13-7-. The van der Waals surface area contributed by atoms with Crippen LogP contribution in [0, 0.1) is 11.7 Å². The second-order valence-corrected chi connectivity index (χ2v) is 4.94. The molecule has 0 atom stereocenters. The van der Waals surface area contributed by atoms with Crippen LogP contribution in [-0.2, 0) is 0 Å². The van der Waals surface area contributed by atoms with E-state index in [9.17, 15) is 9.18 Å². The summed E-state index contributed by atoms with van der Waals surface area (Å²) in [6, 6.07) is 4.19. The SMILES string of the molecule is CN(N)/C(=C\CC1CC1)c1ccc(C(N)=O)cc1F. The monoisotopic (exact) mass is 263 g/mol. The van der Waals surface area contributed by atoms with E-state index in [4.69, 9.17) is 11.6 Å². The summed E-state index contributed by atoms with van der Waals surface area (Å²) in [5.74, 6) is 5.31. The molecule has 1 aromatic rings. The zero-order chi connectivity index (χ0) is 14.0. The molecule has 19 heavy (non-hydrogen) atoms. The average Bonchev–Trinajstić information content (AvgIpc) is 3.14. The van der Waals surface area contributed by atoms with E-state index in [1.165, 1.54) is 30.0 Å². The summed E-state index contributed by atoms with van der Waals surface area (Å²) in [5, 5.41) is 1.39. The van der Waals surface area contributed by atoms with Gasteiger partial charge in [-0.25, -0.2) is 10.2 Å². The smallest absolute Gasteiger partial charge is 0.248 e. The van der Waals surface area contributed by atoms with Crippen LogP contribution in [0.2, 0.25) is 0 Å². The number of carbonyl (C=O) groups excluding carboxylic acids is 1. The van der Waals surface area contributed by atoms with Crippen LogP contribution in [0.1, 0.15) is 35.2 Å². The average molecular weight is 263 g/mol. The summed E-state index contributed by atoms with van der Waals surface area (Å²) >= 11 is 0. The van der Waals surface area contributed by atoms with Gasteiger partial charge >= 0.3 is 0 Å². The fourth-order valence-electron chi connectivity index (χ4n) is 1.95. The molecule has 0 unspecified atom stereocenters. The topological polar surface area (TPSA) is 72.3 Å². The highest BCUT2D eigenvalue weighted by Gasteiger charge is 2.21. The number of nitrogens with two attached hydrogens (primary N) is 2. The fourth-order valence-corrected chi connectivity index (χ4v) is 1.95. The van der Waals surface area contributed by atoms with E-state index < -0.39 is 11.7 Å². The number of allylic oxidation sites excluding steroid dienone is 1. The predicted molar refractivity (Wildman–Crippen MR) is 72.2 cm³/mol. The van der Waals surface area contributed by atoms with Crippen LogP contribution in [0.3, 0.4) is 0 Å². The molecule has 0 aliphatic heterocycles. The van der Waals surface area contributed by atoms with E-state index >= 15 is 0 Å². The van der Waals surface area contributed by atoms with E-state index in [1.54, 1.807) is 7.05 Å². The van der Waals surface area contributed by atoms with Gasteiger partial charge in [-0.3, -0.25) is 4.79 Å². The van der Waals surface area contributed by atoms with Gasteiger partial charge in [0.25, 0.3) is 0 Å². The third kappa shape index (κ3) is 3.32. The Labute approximate surface area is 111 Å². The number of halogens is 1. The van der Waals surface area contributed by atoms with Crippen molar-refractivity contribution < 1.29 is 9.18 Å². The van der Waals surface area contributed by atoms with Crippen LogP contribution in [0.15, 0.2) is 24.3 Å². The summed E-state index contributed by atoms with van der Waals surface area (Å²) in [6.45, 7) is 0. The molecule has 4 nitrogen and oxygen atoms in total. The highest BCUT2D eigenvalue weighted by molar-refractivity contribution is 5.93. The van der Waals surface area contributed by atoms with Gasteiger partial charge in [-0.1, -0.05) is 6.08 Å². The summed E-state index contributed by atoms with van der Waals surface area (Å²) in [5.41, 5.74) is 6.29. The van der Waals surface area contributed by atoms with Crippen LogP contribution in [0.5, 0.6) is 0 Å². The number of rotatable bonds is 5. The number of primary amides is 1. The van der Waals surface area contributed by atoms with Crippen molar-refractivity contribution in [3.63, 3.8) is 0 Å². The van der Waals surface area contributed by atoms with Gasteiger partial charge in [0.15, 0.2) is 0 Å². The largest absolute Gasteiger partial charge is 0.366 e. The van der Waals surface area contributed by atoms with Crippen molar-refractivity contribution in [2.75, 3.05) is 7.05 Å². The molecule has 0 bridgehead atoms. The minimum absolute atomic E-state index is 0.155. The number of hydrazine groups is 1. The molecular weight excluding hydrogens is 245 g/mol. The Balaban J connectivity index is 2.30. The number of carbonyl (C=O) groups is 1. The zero-order valence-corrected chi connectivity index (χ0v) is 10.9. The Morgan fingerprint density at radius 1 is 1.53 bits per heavy atom. The van der Waals surface area contributed by atoms with Crippen molar-refractivity contribution in [2.24, 2.45) is 17.5 Å². The van der Waals surface area contributed by atoms with Crippen molar-refractivity contribution in [1.29, 1.82) is 0 Å². The maximum atomic E-state index is 14.0. The molecule has 0 spiro atoms. The lowest BCUT2D eigenvalue weighted by Crippen LogP contribution is -2.25. The molecule has 4 N–H and O–H groups in total. The summed E-state index contributed by atoms with van der Waals surface area (Å²) in [4.78, 5) is 11.0. The minimum atomic E-state index is -0.643. The quantitative estimate of drug-likeness (QED) is 0.629. The van der Waals surface area contributed by atoms with Gasteiger partial charge in [0.1, 0.15) is 5.82 Å². The van der Waals surface area contributed by atoms with E-state index in [2.05, 4.69) is 0 Å². The number of nitrogens with zero attached hydrogens (tertiary/aromatic N) is 1. The Bertz CT molecular complexity index is 521. The van der Waals surface area contributed by atoms with Gasteiger partial charge in [0.2, 0.25) is 5.91 Å². The molecule has 0 heterocycles. The van der Waals surface area contributed by atoms with Crippen LogP contribution in [-0.4, -0.2) is 18.0 Å². The molecule has 1 fully saturated rings. The molecule has 1 aromatic carbocycles. The van der Waals surface area contributed by atoms with Crippen LogP contribution >= 0.6 is 0 Å². The molecule has 1 amide bonds. The summed E-state index contributed by atoms with van der Waals surface area (Å²) < 4.78 is 14.0. The lowest BCUT2D eigenvalue weighted by molar-refractivity contribution is 0.1000. The van der Waals surface area contributed by atoms with Crippen molar-refractivity contribution in [1.82, 2.24) is 5.01 Å². The fraction of sp³-hybridized carbons (Fsp3) is 0.357. The minimum Gasteiger partial charge on any atom is -0.366 e. The van der Waals surface area contributed by atoms with Crippen LogP contribution < -0.4 is 11.6 Å². The number of hydrogen-bond acceptors (Lipinski definition) is 3. The Morgan fingerprint density at radius 2 is 2.21 bits per heavy atom. The molecule has 0 saturated heterocycles. The zero-order valence-electron chi connectivity index (χ0n) is 10.9. The van der Waals surface area contributed by atoms with Crippen LogP contribution in [0.4, 0.5) is 4.39 Å². The number of amides is 1. The third-order valence-electron chi connectivity index (χ3n) is 3.25.